The van der Waals surface area contributed by atoms with E-state index in [2.05, 4.69) is 30.6 Å². The van der Waals surface area contributed by atoms with E-state index >= 15 is 0 Å². The average molecular weight is 221 g/mol. The number of hydroxylamine groups is 1. The smallest absolute Gasteiger partial charge is 0.122 e. The molecule has 0 saturated heterocycles. The van der Waals surface area contributed by atoms with E-state index in [9.17, 15) is 0 Å². The normalized spacial score (nSPS) is 15.6. The zero-order chi connectivity index (χ0) is 11.4. The van der Waals surface area contributed by atoms with Gasteiger partial charge in [0.1, 0.15) is 5.75 Å². The highest BCUT2D eigenvalue weighted by atomic mass is 16.6. The second-order valence-corrected chi connectivity index (χ2v) is 3.98. The van der Waals surface area contributed by atoms with E-state index in [-0.39, 0.29) is 6.04 Å². The Morgan fingerprint density at radius 3 is 3.06 bits per heavy atom. The summed E-state index contributed by atoms with van der Waals surface area (Å²) in [6, 6.07) is 6.67. The first-order valence-corrected chi connectivity index (χ1v) is 5.98. The van der Waals surface area contributed by atoms with Crippen molar-refractivity contribution in [3.63, 3.8) is 0 Å². The van der Waals surface area contributed by atoms with Gasteiger partial charge in [-0.15, -0.1) is 0 Å². The summed E-state index contributed by atoms with van der Waals surface area (Å²) in [5.74, 6) is 1.04. The standard InChI is InChI=1S/C13H19NO2/c1-3-12(14-16-4-2)10-5-6-13-11(9-10)7-8-15-13/h5-6,9,12,14H,3-4,7-8H2,1-2H3. The number of fused-ring (bicyclic) bond motifs is 1. The monoisotopic (exact) mass is 221 g/mol. The van der Waals surface area contributed by atoms with Crippen molar-refractivity contribution in [1.82, 2.24) is 5.48 Å². The van der Waals surface area contributed by atoms with E-state index in [1.54, 1.807) is 0 Å². The van der Waals surface area contributed by atoms with Gasteiger partial charge in [-0.05, 0) is 30.5 Å². The largest absolute Gasteiger partial charge is 0.493 e. The van der Waals surface area contributed by atoms with Gasteiger partial charge in [0.05, 0.1) is 19.3 Å². The van der Waals surface area contributed by atoms with E-state index in [0.717, 1.165) is 25.2 Å². The van der Waals surface area contributed by atoms with E-state index < -0.39 is 0 Å². The number of hydrogen-bond donors (Lipinski definition) is 1. The summed E-state index contributed by atoms with van der Waals surface area (Å²) >= 11 is 0. The summed E-state index contributed by atoms with van der Waals surface area (Å²) in [7, 11) is 0. The van der Waals surface area contributed by atoms with Crippen molar-refractivity contribution in [2.45, 2.75) is 32.7 Å². The van der Waals surface area contributed by atoms with Crippen molar-refractivity contribution < 1.29 is 9.57 Å². The molecule has 1 aliphatic rings. The number of benzene rings is 1. The predicted molar refractivity (Wildman–Crippen MR) is 63.4 cm³/mol. The Morgan fingerprint density at radius 2 is 2.31 bits per heavy atom. The molecule has 0 amide bonds. The fraction of sp³-hybridized carbons (Fsp3) is 0.538. The second-order valence-electron chi connectivity index (χ2n) is 3.98. The maximum atomic E-state index is 5.50. The molecule has 3 heteroatoms. The number of rotatable bonds is 5. The van der Waals surface area contributed by atoms with Gasteiger partial charge in [-0.2, -0.15) is 5.48 Å². The average Bonchev–Trinajstić information content (AvgIpc) is 2.77. The van der Waals surface area contributed by atoms with Crippen LogP contribution in [0.4, 0.5) is 0 Å². The molecule has 0 aromatic heterocycles. The summed E-state index contributed by atoms with van der Waals surface area (Å²) in [6.07, 6.45) is 2.04. The number of hydrogen-bond acceptors (Lipinski definition) is 3. The Morgan fingerprint density at radius 1 is 1.44 bits per heavy atom. The van der Waals surface area contributed by atoms with Crippen LogP contribution in [0.1, 0.15) is 37.4 Å². The molecule has 16 heavy (non-hydrogen) atoms. The Labute approximate surface area is 96.7 Å². The Bertz CT molecular complexity index is 352. The summed E-state index contributed by atoms with van der Waals surface area (Å²) in [5.41, 5.74) is 5.68. The van der Waals surface area contributed by atoms with Gasteiger partial charge in [0, 0.05) is 6.42 Å². The molecule has 2 rings (SSSR count). The highest BCUT2D eigenvalue weighted by Crippen LogP contribution is 2.28. The van der Waals surface area contributed by atoms with E-state index in [1.165, 1.54) is 11.1 Å². The van der Waals surface area contributed by atoms with Crippen molar-refractivity contribution in [2.24, 2.45) is 0 Å². The highest BCUT2D eigenvalue weighted by Gasteiger charge is 2.15. The minimum atomic E-state index is 0.269. The van der Waals surface area contributed by atoms with Crippen LogP contribution in [-0.4, -0.2) is 13.2 Å². The molecule has 0 radical (unpaired) electrons. The molecule has 1 aliphatic heterocycles. The molecule has 0 fully saturated rings. The first-order chi connectivity index (χ1) is 7.85. The van der Waals surface area contributed by atoms with E-state index in [1.807, 2.05) is 6.92 Å². The molecule has 1 atom stereocenters. The zero-order valence-electron chi connectivity index (χ0n) is 9.95. The summed E-state index contributed by atoms with van der Waals surface area (Å²) in [5, 5.41) is 0. The molecule has 0 spiro atoms. The van der Waals surface area contributed by atoms with E-state index in [4.69, 9.17) is 9.57 Å². The topological polar surface area (TPSA) is 30.5 Å². The molecule has 1 aromatic carbocycles. The summed E-state index contributed by atoms with van der Waals surface area (Å²) in [6.45, 7) is 5.63. The lowest BCUT2D eigenvalue weighted by atomic mass is 10.0. The van der Waals surface area contributed by atoms with Crippen LogP contribution in [0.15, 0.2) is 18.2 Å². The van der Waals surface area contributed by atoms with Gasteiger partial charge in [0.2, 0.25) is 0 Å². The fourth-order valence-electron chi connectivity index (χ4n) is 1.99. The summed E-state index contributed by atoms with van der Waals surface area (Å²) in [4.78, 5) is 5.28. The van der Waals surface area contributed by atoms with Gasteiger partial charge in [0.25, 0.3) is 0 Å². The fourth-order valence-corrected chi connectivity index (χ4v) is 1.99. The molecule has 1 unspecified atom stereocenters. The van der Waals surface area contributed by atoms with Crippen LogP contribution in [0.5, 0.6) is 5.75 Å². The van der Waals surface area contributed by atoms with Crippen LogP contribution in [0.3, 0.4) is 0 Å². The minimum Gasteiger partial charge on any atom is -0.493 e. The molecule has 1 heterocycles. The zero-order valence-corrected chi connectivity index (χ0v) is 9.95. The van der Waals surface area contributed by atoms with Gasteiger partial charge in [0.15, 0.2) is 0 Å². The van der Waals surface area contributed by atoms with Crippen molar-refractivity contribution in [2.75, 3.05) is 13.2 Å². The molecule has 1 N–H and O–H groups in total. The Balaban J connectivity index is 2.12. The van der Waals surface area contributed by atoms with Crippen LogP contribution in [-0.2, 0) is 11.3 Å². The van der Waals surface area contributed by atoms with Crippen molar-refractivity contribution in [3.8, 4) is 5.75 Å². The third kappa shape index (κ3) is 2.36. The molecule has 88 valence electrons. The SMILES string of the molecule is CCONC(CC)c1ccc2c(c1)CCO2. The van der Waals surface area contributed by atoms with E-state index in [0.29, 0.717) is 6.61 Å². The lowest BCUT2D eigenvalue weighted by molar-refractivity contribution is 0.0230. The molecule has 0 bridgehead atoms. The molecular weight excluding hydrogens is 202 g/mol. The van der Waals surface area contributed by atoms with Crippen LogP contribution in [0.2, 0.25) is 0 Å². The quantitative estimate of drug-likeness (QED) is 0.775. The number of ether oxygens (including phenoxy) is 1. The predicted octanol–water partition coefficient (Wildman–Crippen LogP) is 2.61. The first-order valence-electron chi connectivity index (χ1n) is 5.98. The maximum absolute atomic E-state index is 5.50. The second kappa shape index (κ2) is 5.32. The Kier molecular flexibility index (Phi) is 3.80. The number of nitrogens with one attached hydrogen (secondary N) is 1. The van der Waals surface area contributed by atoms with Gasteiger partial charge in [-0.1, -0.05) is 19.1 Å². The van der Waals surface area contributed by atoms with Gasteiger partial charge >= 0.3 is 0 Å². The Hall–Kier alpha value is -1.06. The van der Waals surface area contributed by atoms with Crippen molar-refractivity contribution in [3.05, 3.63) is 29.3 Å². The third-order valence-corrected chi connectivity index (χ3v) is 2.89. The lowest BCUT2D eigenvalue weighted by Crippen LogP contribution is -2.21. The molecule has 0 saturated carbocycles. The molecule has 3 nitrogen and oxygen atoms in total. The van der Waals surface area contributed by atoms with Gasteiger partial charge in [-0.3, -0.25) is 0 Å². The van der Waals surface area contributed by atoms with Crippen LogP contribution in [0, 0.1) is 0 Å². The van der Waals surface area contributed by atoms with Gasteiger partial charge in [-0.25, -0.2) is 0 Å². The van der Waals surface area contributed by atoms with Gasteiger partial charge < -0.3 is 9.57 Å². The first kappa shape index (κ1) is 11.4. The highest BCUT2D eigenvalue weighted by molar-refractivity contribution is 5.40. The molecular formula is C13H19NO2. The van der Waals surface area contributed by atoms with Crippen LogP contribution >= 0.6 is 0 Å². The summed E-state index contributed by atoms with van der Waals surface area (Å²) < 4.78 is 5.50. The molecule has 0 aliphatic carbocycles. The lowest BCUT2D eigenvalue weighted by Gasteiger charge is -2.17. The maximum Gasteiger partial charge on any atom is 0.122 e. The van der Waals surface area contributed by atoms with Crippen LogP contribution in [0.25, 0.3) is 0 Å². The minimum absolute atomic E-state index is 0.269. The van der Waals surface area contributed by atoms with Crippen molar-refractivity contribution >= 4 is 0 Å². The third-order valence-electron chi connectivity index (χ3n) is 2.89. The van der Waals surface area contributed by atoms with Crippen LogP contribution < -0.4 is 10.2 Å². The molecule has 1 aromatic rings. The van der Waals surface area contributed by atoms with Crippen molar-refractivity contribution in [1.29, 1.82) is 0 Å².